The fraction of sp³-hybridized carbons (Fsp3) is 0.308. The van der Waals surface area contributed by atoms with Crippen LogP contribution in [0.2, 0.25) is 0 Å². The number of halogens is 1. The molecule has 2 aromatic rings. The molecule has 0 unspecified atom stereocenters. The molecule has 2 nitrogen and oxygen atoms in total. The molecule has 0 aliphatic carbocycles. The van der Waals surface area contributed by atoms with E-state index in [2.05, 4.69) is 83.4 Å². The van der Waals surface area contributed by atoms with E-state index in [9.17, 15) is 0 Å². The molecule has 0 saturated heterocycles. The van der Waals surface area contributed by atoms with Crippen molar-refractivity contribution in [3.63, 3.8) is 0 Å². The maximum atomic E-state index is 2.36. The van der Waals surface area contributed by atoms with Crippen LogP contribution in [-0.2, 0) is 4.55 Å². The summed E-state index contributed by atoms with van der Waals surface area (Å²) in [6.07, 6.45) is 6.35. The second kappa shape index (κ2) is 4.57. The van der Waals surface area contributed by atoms with Gasteiger partial charge in [0, 0.05) is 0 Å². The van der Waals surface area contributed by atoms with E-state index in [1.165, 1.54) is 22.4 Å². The van der Waals surface area contributed by atoms with Crippen molar-refractivity contribution in [3.8, 4) is 5.69 Å². The number of rotatable bonds is 2. The number of imidazole rings is 1. The zero-order valence-corrected chi connectivity index (χ0v) is 12.0. The summed E-state index contributed by atoms with van der Waals surface area (Å²) < 4.78 is 5.34. The van der Waals surface area contributed by atoms with Crippen molar-refractivity contribution in [2.24, 2.45) is 0 Å². The fourth-order valence-corrected chi connectivity index (χ4v) is 2.58. The highest BCUT2D eigenvalue weighted by Crippen LogP contribution is 2.20. The molecule has 0 atom stereocenters. The second-order valence-electron chi connectivity index (χ2n) is 4.20. The summed E-state index contributed by atoms with van der Waals surface area (Å²) in [5.41, 5.74) is 5.28. The zero-order chi connectivity index (χ0) is 11.7. The van der Waals surface area contributed by atoms with E-state index < -0.39 is 0 Å². The van der Waals surface area contributed by atoms with Crippen LogP contribution < -0.4 is 4.57 Å². The molecule has 0 aliphatic heterocycles. The average Bonchev–Trinajstić information content (AvgIpc) is 2.64. The predicted molar refractivity (Wildman–Crippen MR) is 74.2 cm³/mol. The van der Waals surface area contributed by atoms with Gasteiger partial charge in [-0.2, -0.15) is 0 Å². The van der Waals surface area contributed by atoms with Crippen LogP contribution in [-0.4, -0.2) is 4.57 Å². The van der Waals surface area contributed by atoms with Gasteiger partial charge >= 0.3 is 0 Å². The number of benzene rings is 1. The fourth-order valence-electron chi connectivity index (χ4n) is 2.18. The molecule has 0 amide bonds. The zero-order valence-electron chi connectivity index (χ0n) is 9.87. The third-order valence-electron chi connectivity index (χ3n) is 2.72. The first-order chi connectivity index (χ1) is 7.61. The van der Waals surface area contributed by atoms with E-state index in [4.69, 9.17) is 0 Å². The number of nitrogens with zero attached hydrogens (tertiary/aromatic N) is 2. The topological polar surface area (TPSA) is 8.81 Å². The molecule has 0 saturated carbocycles. The Labute approximate surface area is 110 Å². The number of aryl methyl sites for hydroxylation is 3. The molecule has 1 aromatic heterocycles. The molecule has 1 aromatic carbocycles. The quantitative estimate of drug-likeness (QED) is 0.455. The Hall–Kier alpha value is -0.840. The lowest BCUT2D eigenvalue weighted by molar-refractivity contribution is -0.670. The Morgan fingerprint density at radius 3 is 2.31 bits per heavy atom. The van der Waals surface area contributed by atoms with E-state index in [1.54, 1.807) is 0 Å². The van der Waals surface area contributed by atoms with E-state index >= 15 is 0 Å². The van der Waals surface area contributed by atoms with E-state index in [0.29, 0.717) is 0 Å². The van der Waals surface area contributed by atoms with Gasteiger partial charge in [0.1, 0.15) is 22.6 Å². The first kappa shape index (κ1) is 11.6. The van der Waals surface area contributed by atoms with E-state index in [1.807, 2.05) is 0 Å². The van der Waals surface area contributed by atoms with Gasteiger partial charge in [0.25, 0.3) is 0 Å². The lowest BCUT2D eigenvalue weighted by Crippen LogP contribution is -2.27. The predicted octanol–water partition coefficient (Wildman–Crippen LogP) is 3.08. The third kappa shape index (κ3) is 2.14. The van der Waals surface area contributed by atoms with E-state index in [-0.39, 0.29) is 0 Å². The lowest BCUT2D eigenvalue weighted by atomic mass is 10.1. The molecule has 2 rings (SSSR count). The van der Waals surface area contributed by atoms with Gasteiger partial charge in [0.15, 0.2) is 0 Å². The summed E-state index contributed by atoms with van der Waals surface area (Å²) in [6, 6.07) is 4.47. The van der Waals surface area contributed by atoms with Crippen molar-refractivity contribution in [3.05, 3.63) is 47.5 Å². The van der Waals surface area contributed by atoms with Crippen LogP contribution in [0.15, 0.2) is 30.9 Å². The Morgan fingerprint density at radius 2 is 1.81 bits per heavy atom. The SMILES string of the molecule is Cc1cc(C)c(-n2cc[n+](CI)c2)c(C)c1. The Morgan fingerprint density at radius 1 is 1.19 bits per heavy atom. The van der Waals surface area contributed by atoms with Crippen molar-refractivity contribution < 1.29 is 4.57 Å². The highest BCUT2D eigenvalue weighted by Gasteiger charge is 2.12. The summed E-state index contributed by atoms with van der Waals surface area (Å²) in [6.45, 7) is 6.48. The molecule has 0 spiro atoms. The standard InChI is InChI=1S/C13H16IN2/c1-10-6-11(2)13(12(3)7-10)16-5-4-15(8-14)9-16/h4-7,9H,8H2,1-3H3/q+1. The van der Waals surface area contributed by atoms with Crippen LogP contribution in [0.5, 0.6) is 0 Å². The highest BCUT2D eigenvalue weighted by molar-refractivity contribution is 14.1. The van der Waals surface area contributed by atoms with Gasteiger partial charge < -0.3 is 0 Å². The highest BCUT2D eigenvalue weighted by atomic mass is 127. The van der Waals surface area contributed by atoms with Crippen LogP contribution in [0.3, 0.4) is 0 Å². The van der Waals surface area contributed by atoms with E-state index in [0.717, 1.165) is 4.55 Å². The van der Waals surface area contributed by atoms with Gasteiger partial charge in [-0.05, 0) is 54.5 Å². The van der Waals surface area contributed by atoms with Crippen LogP contribution in [0.4, 0.5) is 0 Å². The molecule has 0 N–H and O–H groups in total. The maximum Gasteiger partial charge on any atom is 0.249 e. The molecule has 0 aliphatic rings. The van der Waals surface area contributed by atoms with Crippen LogP contribution in [0.1, 0.15) is 16.7 Å². The second-order valence-corrected chi connectivity index (χ2v) is 4.88. The average molecular weight is 327 g/mol. The maximum absolute atomic E-state index is 2.36. The summed E-state index contributed by atoms with van der Waals surface area (Å²) in [5.74, 6) is 0. The normalized spacial score (nSPS) is 10.8. The van der Waals surface area contributed by atoms with Crippen molar-refractivity contribution in [2.45, 2.75) is 25.3 Å². The Balaban J connectivity index is 2.55. The summed E-state index contributed by atoms with van der Waals surface area (Å²) >= 11 is 2.36. The molecule has 1 heterocycles. The van der Waals surface area contributed by atoms with Gasteiger partial charge in [-0.1, -0.05) is 17.7 Å². The summed E-state index contributed by atoms with van der Waals surface area (Å²) in [4.78, 5) is 0. The largest absolute Gasteiger partial charge is 0.249 e. The van der Waals surface area contributed by atoms with Gasteiger partial charge in [0.05, 0.1) is 0 Å². The summed E-state index contributed by atoms with van der Waals surface area (Å²) in [5, 5.41) is 0. The van der Waals surface area contributed by atoms with Gasteiger partial charge in [0.2, 0.25) is 6.33 Å². The van der Waals surface area contributed by atoms with Crippen LogP contribution in [0, 0.1) is 20.8 Å². The number of hydrogen-bond acceptors (Lipinski definition) is 0. The van der Waals surface area contributed by atoms with Crippen molar-refractivity contribution in [1.82, 2.24) is 4.57 Å². The molecule has 84 valence electrons. The van der Waals surface area contributed by atoms with Gasteiger partial charge in [-0.25, -0.2) is 9.13 Å². The molecule has 0 fully saturated rings. The van der Waals surface area contributed by atoms with Crippen LogP contribution in [0.25, 0.3) is 5.69 Å². The number of alkyl halides is 1. The Bertz CT molecular complexity index is 491. The number of aromatic nitrogens is 2. The first-order valence-electron chi connectivity index (χ1n) is 5.33. The van der Waals surface area contributed by atoms with Crippen LogP contribution >= 0.6 is 22.6 Å². The third-order valence-corrected chi connectivity index (χ3v) is 3.51. The van der Waals surface area contributed by atoms with Crippen molar-refractivity contribution >= 4 is 22.6 Å². The van der Waals surface area contributed by atoms with Gasteiger partial charge in [-0.15, -0.1) is 0 Å². The Kier molecular flexibility index (Phi) is 3.33. The van der Waals surface area contributed by atoms with Crippen molar-refractivity contribution in [2.75, 3.05) is 0 Å². The van der Waals surface area contributed by atoms with Gasteiger partial charge in [-0.3, -0.25) is 0 Å². The lowest BCUT2D eigenvalue weighted by Gasteiger charge is -2.06. The first-order valence-corrected chi connectivity index (χ1v) is 6.85. The minimum absolute atomic E-state index is 0.981. The smallest absolute Gasteiger partial charge is 0.227 e. The molecular weight excluding hydrogens is 311 g/mol. The monoisotopic (exact) mass is 327 g/mol. The van der Waals surface area contributed by atoms with Crippen molar-refractivity contribution in [1.29, 1.82) is 0 Å². The summed E-state index contributed by atoms with van der Waals surface area (Å²) in [7, 11) is 0. The molecular formula is C13H16IN2+. The minimum atomic E-state index is 0.981. The molecule has 3 heteroatoms. The molecule has 16 heavy (non-hydrogen) atoms. The number of hydrogen-bond donors (Lipinski definition) is 0. The molecule has 0 bridgehead atoms. The minimum Gasteiger partial charge on any atom is -0.227 e. The molecule has 0 radical (unpaired) electrons.